The molecule has 0 aromatic heterocycles. The van der Waals surface area contributed by atoms with Crippen molar-refractivity contribution in [2.45, 2.75) is 20.0 Å². The van der Waals surface area contributed by atoms with Gasteiger partial charge >= 0.3 is 12.0 Å². The highest BCUT2D eigenvalue weighted by molar-refractivity contribution is 5.96. The second kappa shape index (κ2) is 7.88. The fourth-order valence-corrected chi connectivity index (χ4v) is 1.52. The SMILES string of the molecule is CC(C)[C@@H](OC(=O)COc1ccccc1)C(=O)NC(N)=O. The lowest BCUT2D eigenvalue weighted by Gasteiger charge is -2.19. The molecule has 1 aromatic carbocycles. The molecule has 0 radical (unpaired) electrons. The Bertz CT molecular complexity index is 501. The van der Waals surface area contributed by atoms with Crippen molar-refractivity contribution in [3.8, 4) is 5.75 Å². The molecule has 1 atom stereocenters. The lowest BCUT2D eigenvalue weighted by atomic mass is 10.1. The third kappa shape index (κ3) is 5.94. The molecular formula is C14H18N2O5. The molecule has 0 saturated carbocycles. The van der Waals surface area contributed by atoms with Crippen LogP contribution in [0.2, 0.25) is 0 Å². The first kappa shape index (κ1) is 16.5. The highest BCUT2D eigenvalue weighted by atomic mass is 16.6. The molecule has 0 aliphatic heterocycles. The number of ether oxygens (including phenoxy) is 2. The van der Waals surface area contributed by atoms with Gasteiger partial charge in [-0.3, -0.25) is 10.1 Å². The number of hydrogen-bond donors (Lipinski definition) is 2. The molecule has 1 rings (SSSR count). The Hall–Kier alpha value is -2.57. The number of rotatable bonds is 6. The minimum Gasteiger partial charge on any atom is -0.482 e. The summed E-state index contributed by atoms with van der Waals surface area (Å²) in [6.45, 7) is 3.02. The lowest BCUT2D eigenvalue weighted by Crippen LogP contribution is -2.46. The van der Waals surface area contributed by atoms with E-state index < -0.39 is 24.0 Å². The van der Waals surface area contributed by atoms with E-state index in [1.807, 2.05) is 11.4 Å². The van der Waals surface area contributed by atoms with Crippen LogP contribution in [0.4, 0.5) is 4.79 Å². The van der Waals surface area contributed by atoms with Gasteiger partial charge in [0.1, 0.15) is 5.75 Å². The van der Waals surface area contributed by atoms with Gasteiger partial charge in [-0.25, -0.2) is 9.59 Å². The molecule has 1 aromatic rings. The van der Waals surface area contributed by atoms with E-state index in [2.05, 4.69) is 0 Å². The first-order valence-electron chi connectivity index (χ1n) is 6.37. The van der Waals surface area contributed by atoms with Crippen LogP contribution in [-0.4, -0.2) is 30.6 Å². The zero-order valence-electron chi connectivity index (χ0n) is 11.9. The van der Waals surface area contributed by atoms with Crippen molar-refractivity contribution in [3.05, 3.63) is 30.3 Å². The highest BCUT2D eigenvalue weighted by Crippen LogP contribution is 2.10. The second-order valence-corrected chi connectivity index (χ2v) is 4.61. The Balaban J connectivity index is 2.53. The van der Waals surface area contributed by atoms with Crippen LogP contribution < -0.4 is 15.8 Å². The number of primary amides is 1. The van der Waals surface area contributed by atoms with Crippen LogP contribution in [0.25, 0.3) is 0 Å². The van der Waals surface area contributed by atoms with Gasteiger partial charge in [0.15, 0.2) is 12.7 Å². The zero-order chi connectivity index (χ0) is 15.8. The molecule has 114 valence electrons. The quantitative estimate of drug-likeness (QED) is 0.755. The summed E-state index contributed by atoms with van der Waals surface area (Å²) in [4.78, 5) is 34.0. The Morgan fingerprint density at radius 1 is 1.19 bits per heavy atom. The first-order chi connectivity index (χ1) is 9.90. The normalized spacial score (nSPS) is 11.6. The van der Waals surface area contributed by atoms with Crippen molar-refractivity contribution in [1.29, 1.82) is 0 Å². The standard InChI is InChI=1S/C14H18N2O5/c1-9(2)12(13(18)16-14(15)19)21-11(17)8-20-10-6-4-3-5-7-10/h3-7,9,12H,8H2,1-2H3,(H3,15,16,18,19)/t12-/m1/s1. The lowest BCUT2D eigenvalue weighted by molar-refractivity contribution is -0.160. The van der Waals surface area contributed by atoms with Gasteiger partial charge in [0.2, 0.25) is 0 Å². The molecule has 0 bridgehead atoms. The van der Waals surface area contributed by atoms with Gasteiger partial charge in [-0.1, -0.05) is 32.0 Å². The molecule has 0 fully saturated rings. The second-order valence-electron chi connectivity index (χ2n) is 4.61. The van der Waals surface area contributed by atoms with Gasteiger partial charge in [-0.2, -0.15) is 0 Å². The number of carbonyl (C=O) groups is 3. The smallest absolute Gasteiger partial charge is 0.344 e. The fraction of sp³-hybridized carbons (Fsp3) is 0.357. The highest BCUT2D eigenvalue weighted by Gasteiger charge is 2.27. The van der Waals surface area contributed by atoms with Gasteiger partial charge in [0, 0.05) is 0 Å². The average molecular weight is 294 g/mol. The summed E-state index contributed by atoms with van der Waals surface area (Å²) in [6.07, 6.45) is -1.11. The third-order valence-electron chi connectivity index (χ3n) is 2.47. The van der Waals surface area contributed by atoms with Crippen LogP contribution in [-0.2, 0) is 14.3 Å². The number of nitrogens with two attached hydrogens (primary N) is 1. The van der Waals surface area contributed by atoms with Crippen molar-refractivity contribution in [3.63, 3.8) is 0 Å². The number of para-hydroxylation sites is 1. The average Bonchev–Trinajstić information content (AvgIpc) is 2.42. The fourth-order valence-electron chi connectivity index (χ4n) is 1.52. The summed E-state index contributed by atoms with van der Waals surface area (Å²) in [6, 6.07) is 7.71. The molecule has 0 spiro atoms. The predicted molar refractivity (Wildman–Crippen MR) is 74.4 cm³/mol. The van der Waals surface area contributed by atoms with Crippen LogP contribution in [0, 0.1) is 5.92 Å². The number of esters is 1. The van der Waals surface area contributed by atoms with Crippen LogP contribution >= 0.6 is 0 Å². The Morgan fingerprint density at radius 2 is 1.81 bits per heavy atom. The van der Waals surface area contributed by atoms with Crippen molar-refractivity contribution in [2.24, 2.45) is 11.7 Å². The van der Waals surface area contributed by atoms with Crippen LogP contribution in [0.5, 0.6) is 5.75 Å². The molecule has 7 nitrogen and oxygen atoms in total. The van der Waals surface area contributed by atoms with E-state index in [0.717, 1.165) is 0 Å². The Morgan fingerprint density at radius 3 is 2.33 bits per heavy atom. The maximum atomic E-state index is 11.7. The number of amides is 3. The molecule has 0 heterocycles. The number of hydrogen-bond acceptors (Lipinski definition) is 5. The van der Waals surface area contributed by atoms with Crippen LogP contribution in [0.1, 0.15) is 13.8 Å². The van der Waals surface area contributed by atoms with E-state index in [4.69, 9.17) is 15.2 Å². The Kier molecular flexibility index (Phi) is 6.19. The zero-order valence-corrected chi connectivity index (χ0v) is 11.9. The minimum atomic E-state index is -1.11. The number of urea groups is 1. The molecule has 3 N–H and O–H groups in total. The molecule has 0 saturated heterocycles. The van der Waals surface area contributed by atoms with Gasteiger partial charge < -0.3 is 15.2 Å². The minimum absolute atomic E-state index is 0.315. The van der Waals surface area contributed by atoms with Gasteiger partial charge in [-0.05, 0) is 18.1 Å². The predicted octanol–water partition coefficient (Wildman–Crippen LogP) is 0.828. The molecule has 0 unspecified atom stereocenters. The number of benzene rings is 1. The Labute approximate surface area is 122 Å². The van der Waals surface area contributed by atoms with E-state index in [0.29, 0.717) is 5.75 Å². The topological polar surface area (TPSA) is 108 Å². The first-order valence-corrected chi connectivity index (χ1v) is 6.37. The summed E-state index contributed by atoms with van der Waals surface area (Å²) in [5, 5.41) is 1.89. The molecular weight excluding hydrogens is 276 g/mol. The van der Waals surface area contributed by atoms with E-state index in [9.17, 15) is 14.4 Å². The summed E-state index contributed by atoms with van der Waals surface area (Å²) >= 11 is 0. The monoisotopic (exact) mass is 294 g/mol. The van der Waals surface area contributed by atoms with Crippen LogP contribution in [0.3, 0.4) is 0 Å². The molecule has 0 aliphatic carbocycles. The number of carbonyl (C=O) groups excluding carboxylic acids is 3. The number of nitrogens with one attached hydrogen (secondary N) is 1. The van der Waals surface area contributed by atoms with Crippen molar-refractivity contribution in [2.75, 3.05) is 6.61 Å². The van der Waals surface area contributed by atoms with E-state index in [1.54, 1.807) is 38.1 Å². The summed E-state index contributed by atoms with van der Waals surface area (Å²) in [5.74, 6) is -1.27. The van der Waals surface area contributed by atoms with E-state index in [1.165, 1.54) is 0 Å². The van der Waals surface area contributed by atoms with Gasteiger partial charge in [-0.15, -0.1) is 0 Å². The van der Waals surface area contributed by atoms with Crippen LogP contribution in [0.15, 0.2) is 30.3 Å². The maximum absolute atomic E-state index is 11.7. The van der Waals surface area contributed by atoms with Gasteiger partial charge in [0.05, 0.1) is 0 Å². The molecule has 7 heteroatoms. The van der Waals surface area contributed by atoms with Crippen molar-refractivity contribution in [1.82, 2.24) is 5.32 Å². The molecule has 21 heavy (non-hydrogen) atoms. The largest absolute Gasteiger partial charge is 0.482 e. The summed E-state index contributed by atoms with van der Waals surface area (Å²) in [7, 11) is 0. The van der Waals surface area contributed by atoms with Gasteiger partial charge in [0.25, 0.3) is 5.91 Å². The molecule has 0 aliphatic rings. The van der Waals surface area contributed by atoms with Crippen molar-refractivity contribution >= 4 is 17.9 Å². The van der Waals surface area contributed by atoms with E-state index >= 15 is 0 Å². The van der Waals surface area contributed by atoms with E-state index in [-0.39, 0.29) is 12.5 Å². The number of imide groups is 1. The maximum Gasteiger partial charge on any atom is 0.344 e. The molecule has 3 amide bonds. The van der Waals surface area contributed by atoms with Crippen molar-refractivity contribution < 1.29 is 23.9 Å². The summed E-state index contributed by atoms with van der Waals surface area (Å²) < 4.78 is 10.2. The summed E-state index contributed by atoms with van der Waals surface area (Å²) in [5.41, 5.74) is 4.86. The third-order valence-corrected chi connectivity index (χ3v) is 2.47.